The second-order valence-corrected chi connectivity index (χ2v) is 6.12. The first kappa shape index (κ1) is 17.1. The molecular formula is C19H19NO4S. The van der Waals surface area contributed by atoms with Crippen molar-refractivity contribution in [3.63, 3.8) is 0 Å². The molecule has 0 saturated carbocycles. The highest BCUT2D eigenvalue weighted by molar-refractivity contribution is 7.13. The Balaban J connectivity index is 1.95. The van der Waals surface area contributed by atoms with Gasteiger partial charge in [0.15, 0.2) is 11.5 Å². The van der Waals surface area contributed by atoms with Crippen molar-refractivity contribution in [1.29, 1.82) is 0 Å². The summed E-state index contributed by atoms with van der Waals surface area (Å²) in [5.74, 6) is 1.41. The van der Waals surface area contributed by atoms with E-state index in [2.05, 4.69) is 4.98 Å². The molecule has 0 bridgehead atoms. The smallest absolute Gasteiger partial charge is 0.161 e. The lowest BCUT2D eigenvalue weighted by Gasteiger charge is -2.11. The fourth-order valence-corrected chi connectivity index (χ4v) is 3.27. The van der Waals surface area contributed by atoms with Crippen molar-refractivity contribution in [2.45, 2.75) is 13.8 Å². The molecular weight excluding hydrogens is 338 g/mol. The van der Waals surface area contributed by atoms with Crippen LogP contribution in [0.3, 0.4) is 0 Å². The van der Waals surface area contributed by atoms with Crippen LogP contribution in [0, 0.1) is 0 Å². The molecule has 0 aliphatic heterocycles. The van der Waals surface area contributed by atoms with Crippen molar-refractivity contribution >= 4 is 11.3 Å². The zero-order valence-electron chi connectivity index (χ0n) is 14.0. The Kier molecular flexibility index (Phi) is 5.09. The third-order valence-corrected chi connectivity index (χ3v) is 4.44. The van der Waals surface area contributed by atoms with Gasteiger partial charge < -0.3 is 19.7 Å². The van der Waals surface area contributed by atoms with Crippen LogP contribution in [-0.2, 0) is 0 Å². The first-order valence-electron chi connectivity index (χ1n) is 8.00. The van der Waals surface area contributed by atoms with Gasteiger partial charge in [0.25, 0.3) is 0 Å². The van der Waals surface area contributed by atoms with Crippen molar-refractivity contribution in [1.82, 2.24) is 4.98 Å². The Hall–Kier alpha value is -2.73. The number of aromatic nitrogens is 1. The van der Waals surface area contributed by atoms with Crippen LogP contribution in [0.4, 0.5) is 0 Å². The highest BCUT2D eigenvalue weighted by atomic mass is 32.1. The van der Waals surface area contributed by atoms with Crippen LogP contribution in [0.5, 0.6) is 23.0 Å². The molecule has 5 nitrogen and oxygen atoms in total. The van der Waals surface area contributed by atoms with E-state index in [4.69, 9.17) is 9.47 Å². The topological polar surface area (TPSA) is 71.8 Å². The zero-order valence-corrected chi connectivity index (χ0v) is 14.8. The summed E-state index contributed by atoms with van der Waals surface area (Å²) in [5, 5.41) is 22.1. The van der Waals surface area contributed by atoms with Gasteiger partial charge in [-0.1, -0.05) is 0 Å². The summed E-state index contributed by atoms with van der Waals surface area (Å²) < 4.78 is 11.2. The highest BCUT2D eigenvalue weighted by Gasteiger charge is 2.13. The summed E-state index contributed by atoms with van der Waals surface area (Å²) >= 11 is 1.48. The number of phenols is 2. The van der Waals surface area contributed by atoms with Gasteiger partial charge in [0.1, 0.15) is 16.5 Å². The Labute approximate surface area is 150 Å². The minimum absolute atomic E-state index is 0.00134. The van der Waals surface area contributed by atoms with Crippen LogP contribution in [0.2, 0.25) is 0 Å². The number of nitrogens with zero attached hydrogens (tertiary/aromatic N) is 1. The van der Waals surface area contributed by atoms with E-state index >= 15 is 0 Å². The highest BCUT2D eigenvalue weighted by Crippen LogP contribution is 2.37. The zero-order chi connectivity index (χ0) is 17.8. The predicted octanol–water partition coefficient (Wildman–Crippen LogP) is 4.69. The molecule has 25 heavy (non-hydrogen) atoms. The third kappa shape index (κ3) is 3.69. The summed E-state index contributed by atoms with van der Waals surface area (Å²) in [5.41, 5.74) is 2.15. The molecule has 0 fully saturated rings. The lowest BCUT2D eigenvalue weighted by atomic mass is 10.1. The number of thiazole rings is 1. The van der Waals surface area contributed by atoms with Gasteiger partial charge in [0, 0.05) is 22.6 Å². The van der Waals surface area contributed by atoms with Gasteiger partial charge in [-0.2, -0.15) is 0 Å². The number of rotatable bonds is 6. The van der Waals surface area contributed by atoms with Gasteiger partial charge in [-0.15, -0.1) is 11.3 Å². The van der Waals surface area contributed by atoms with E-state index in [0.717, 1.165) is 10.6 Å². The molecule has 3 rings (SSSR count). The average molecular weight is 357 g/mol. The van der Waals surface area contributed by atoms with Gasteiger partial charge in [0.2, 0.25) is 0 Å². The van der Waals surface area contributed by atoms with E-state index in [-0.39, 0.29) is 11.5 Å². The number of ether oxygens (including phenoxy) is 2. The quantitative estimate of drug-likeness (QED) is 0.670. The second kappa shape index (κ2) is 7.44. The van der Waals surface area contributed by atoms with Gasteiger partial charge in [-0.3, -0.25) is 0 Å². The summed E-state index contributed by atoms with van der Waals surface area (Å²) in [6.45, 7) is 4.98. The van der Waals surface area contributed by atoms with Crippen molar-refractivity contribution in [2.75, 3.05) is 13.2 Å². The molecule has 2 aromatic carbocycles. The molecule has 0 saturated heterocycles. The molecule has 3 aromatic rings. The number of benzene rings is 2. The van der Waals surface area contributed by atoms with Crippen LogP contribution in [-0.4, -0.2) is 28.4 Å². The molecule has 0 radical (unpaired) electrons. The molecule has 0 aliphatic rings. The van der Waals surface area contributed by atoms with Crippen LogP contribution in [0.25, 0.3) is 21.8 Å². The fraction of sp³-hybridized carbons (Fsp3) is 0.211. The standard InChI is InChI=1S/C19H19NO4S/c1-3-23-17-8-5-12(9-18(17)24-4-2)19-20-15(11-25-19)14-7-6-13(21)10-16(14)22/h5-11,21-22H,3-4H2,1-2H3. The van der Waals surface area contributed by atoms with E-state index in [1.165, 1.54) is 23.5 Å². The van der Waals surface area contributed by atoms with E-state index in [1.807, 2.05) is 37.4 Å². The van der Waals surface area contributed by atoms with Crippen LogP contribution >= 0.6 is 11.3 Å². The minimum Gasteiger partial charge on any atom is -0.508 e. The average Bonchev–Trinajstić information content (AvgIpc) is 3.06. The van der Waals surface area contributed by atoms with Gasteiger partial charge in [-0.25, -0.2) is 4.98 Å². The first-order valence-corrected chi connectivity index (χ1v) is 8.88. The van der Waals surface area contributed by atoms with E-state index in [0.29, 0.717) is 36.0 Å². The monoisotopic (exact) mass is 357 g/mol. The predicted molar refractivity (Wildman–Crippen MR) is 98.7 cm³/mol. The molecule has 0 unspecified atom stereocenters. The Bertz CT molecular complexity index is 876. The molecule has 1 aromatic heterocycles. The van der Waals surface area contributed by atoms with Crippen LogP contribution < -0.4 is 9.47 Å². The summed E-state index contributed by atoms with van der Waals surface area (Å²) in [6.07, 6.45) is 0. The first-order chi connectivity index (χ1) is 12.1. The maximum absolute atomic E-state index is 10.0. The van der Waals surface area contributed by atoms with E-state index in [1.54, 1.807) is 6.07 Å². The molecule has 2 N–H and O–H groups in total. The Morgan fingerprint density at radius 2 is 1.72 bits per heavy atom. The van der Waals surface area contributed by atoms with Gasteiger partial charge in [-0.05, 0) is 44.2 Å². The molecule has 0 aliphatic carbocycles. The van der Waals surface area contributed by atoms with Crippen LogP contribution in [0.1, 0.15) is 13.8 Å². The van der Waals surface area contributed by atoms with Crippen molar-refractivity contribution in [3.8, 4) is 44.8 Å². The van der Waals surface area contributed by atoms with Gasteiger partial charge in [0.05, 0.1) is 18.9 Å². The number of hydrogen-bond donors (Lipinski definition) is 2. The maximum atomic E-state index is 10.0. The number of aromatic hydroxyl groups is 2. The normalized spacial score (nSPS) is 10.6. The number of phenolic OH excluding ortho intramolecular Hbond substituents is 2. The minimum atomic E-state index is -0.00134. The summed E-state index contributed by atoms with van der Waals surface area (Å²) in [6, 6.07) is 10.2. The molecule has 130 valence electrons. The molecule has 0 atom stereocenters. The van der Waals surface area contributed by atoms with Crippen molar-refractivity contribution in [2.24, 2.45) is 0 Å². The second-order valence-electron chi connectivity index (χ2n) is 5.27. The summed E-state index contributed by atoms with van der Waals surface area (Å²) in [4.78, 5) is 4.60. The Morgan fingerprint density at radius 3 is 2.44 bits per heavy atom. The lowest BCUT2D eigenvalue weighted by Crippen LogP contribution is -1.98. The number of hydrogen-bond acceptors (Lipinski definition) is 6. The van der Waals surface area contributed by atoms with E-state index in [9.17, 15) is 10.2 Å². The van der Waals surface area contributed by atoms with Gasteiger partial charge >= 0.3 is 0 Å². The van der Waals surface area contributed by atoms with Crippen molar-refractivity contribution < 1.29 is 19.7 Å². The maximum Gasteiger partial charge on any atom is 0.161 e. The fourth-order valence-electron chi connectivity index (χ4n) is 2.45. The largest absolute Gasteiger partial charge is 0.508 e. The van der Waals surface area contributed by atoms with Crippen molar-refractivity contribution in [3.05, 3.63) is 41.8 Å². The van der Waals surface area contributed by atoms with Crippen LogP contribution in [0.15, 0.2) is 41.8 Å². The molecule has 0 amide bonds. The molecule has 6 heteroatoms. The molecule has 1 heterocycles. The molecule has 0 spiro atoms. The Morgan fingerprint density at radius 1 is 0.960 bits per heavy atom. The van der Waals surface area contributed by atoms with E-state index < -0.39 is 0 Å². The lowest BCUT2D eigenvalue weighted by molar-refractivity contribution is 0.288. The summed E-state index contributed by atoms with van der Waals surface area (Å²) in [7, 11) is 0. The third-order valence-electron chi connectivity index (χ3n) is 3.55. The SMILES string of the molecule is CCOc1ccc(-c2nc(-c3ccc(O)cc3O)cs2)cc1OCC.